The maximum atomic E-state index is 13.0. The van der Waals surface area contributed by atoms with Crippen molar-refractivity contribution in [3.8, 4) is 0 Å². The normalized spacial score (nSPS) is 30.8. The van der Waals surface area contributed by atoms with E-state index in [1.54, 1.807) is 0 Å². The number of H-pyrrole nitrogens is 1. The highest BCUT2D eigenvalue weighted by Crippen LogP contribution is 2.34. The van der Waals surface area contributed by atoms with Gasteiger partial charge in [0, 0.05) is 24.6 Å². The molecule has 3 atom stereocenters. The van der Waals surface area contributed by atoms with Crippen LogP contribution >= 0.6 is 0 Å². The third-order valence-corrected chi connectivity index (χ3v) is 4.64. The number of hydrogen-bond acceptors (Lipinski definition) is 4. The summed E-state index contributed by atoms with van der Waals surface area (Å²) >= 11 is 0. The van der Waals surface area contributed by atoms with Crippen LogP contribution in [0.1, 0.15) is 37.4 Å². The van der Waals surface area contributed by atoms with Crippen molar-refractivity contribution in [3.05, 3.63) is 22.2 Å². The second-order valence-electron chi connectivity index (χ2n) is 6.18. The second-order valence-corrected chi connectivity index (χ2v) is 6.18. The van der Waals surface area contributed by atoms with Crippen molar-refractivity contribution in [2.24, 2.45) is 0 Å². The molecule has 0 radical (unpaired) electrons. The number of halogens is 3. The predicted molar refractivity (Wildman–Crippen MR) is 73.7 cm³/mol. The summed E-state index contributed by atoms with van der Waals surface area (Å²) in [6, 6.07) is 0.100. The van der Waals surface area contributed by atoms with Crippen LogP contribution < -0.4 is 10.9 Å². The number of aromatic amines is 1. The Kier molecular flexibility index (Phi) is 4.31. The molecule has 0 aliphatic carbocycles. The first-order chi connectivity index (χ1) is 10.4. The lowest BCUT2D eigenvalue weighted by molar-refractivity contribution is -0.176. The van der Waals surface area contributed by atoms with Gasteiger partial charge >= 0.3 is 6.18 Å². The van der Waals surface area contributed by atoms with E-state index in [1.165, 1.54) is 11.0 Å². The molecule has 2 saturated heterocycles. The second kappa shape index (κ2) is 6.08. The number of piperidine rings is 1. The molecule has 0 aromatic carbocycles. The molecule has 0 unspecified atom stereocenters. The van der Waals surface area contributed by atoms with Gasteiger partial charge in [0.15, 0.2) is 0 Å². The van der Waals surface area contributed by atoms with Gasteiger partial charge < -0.3 is 9.84 Å². The molecule has 1 aromatic rings. The van der Waals surface area contributed by atoms with Crippen LogP contribution in [0.5, 0.6) is 0 Å². The van der Waals surface area contributed by atoms with Gasteiger partial charge in [-0.3, -0.25) is 9.69 Å². The highest BCUT2D eigenvalue weighted by Gasteiger charge is 2.46. The molecule has 124 valence electrons. The standard InChI is InChI=1S/C14H20F3N3O2/c15-14(16,17)12-2-1-5-20(12)8-10-6-9(3-4-18-10)11-7-13(21)19-22-11/h7,9-10,12,18H,1-6,8H2,(H,19,21)/t9-,10+,12+/m0/s1. The molecule has 22 heavy (non-hydrogen) atoms. The summed E-state index contributed by atoms with van der Waals surface area (Å²) in [5.74, 6) is 0.683. The molecular formula is C14H20F3N3O2. The smallest absolute Gasteiger partial charge is 0.383 e. The number of likely N-dealkylation sites (tertiary alicyclic amines) is 1. The maximum absolute atomic E-state index is 13.0. The van der Waals surface area contributed by atoms with E-state index in [1.807, 2.05) is 0 Å². The lowest BCUT2D eigenvalue weighted by Crippen LogP contribution is -2.50. The minimum absolute atomic E-state index is 0.0121. The van der Waals surface area contributed by atoms with Crippen LogP contribution in [-0.2, 0) is 0 Å². The summed E-state index contributed by atoms with van der Waals surface area (Å²) in [6.45, 7) is 1.59. The zero-order valence-electron chi connectivity index (χ0n) is 12.2. The lowest BCUT2D eigenvalue weighted by Gasteiger charge is -2.34. The number of aromatic nitrogens is 1. The fourth-order valence-corrected chi connectivity index (χ4v) is 3.60. The Labute approximate surface area is 125 Å². The monoisotopic (exact) mass is 319 g/mol. The Morgan fingerprint density at radius 2 is 2.18 bits per heavy atom. The van der Waals surface area contributed by atoms with Gasteiger partial charge in [-0.05, 0) is 38.8 Å². The van der Waals surface area contributed by atoms with E-state index >= 15 is 0 Å². The third-order valence-electron chi connectivity index (χ3n) is 4.64. The summed E-state index contributed by atoms with van der Waals surface area (Å²) in [7, 11) is 0. The number of hydrogen-bond donors (Lipinski definition) is 2. The summed E-state index contributed by atoms with van der Waals surface area (Å²) in [5, 5.41) is 5.56. The number of rotatable bonds is 3. The zero-order valence-corrected chi connectivity index (χ0v) is 12.2. The fraction of sp³-hybridized carbons (Fsp3) is 0.786. The molecule has 3 rings (SSSR count). The molecule has 0 spiro atoms. The zero-order chi connectivity index (χ0) is 15.7. The van der Waals surface area contributed by atoms with Crippen molar-refractivity contribution in [1.29, 1.82) is 0 Å². The van der Waals surface area contributed by atoms with Crippen molar-refractivity contribution in [3.63, 3.8) is 0 Å². The molecule has 3 heterocycles. The summed E-state index contributed by atoms with van der Waals surface area (Å²) in [5.41, 5.74) is -0.276. The SMILES string of the molecule is O=c1cc([C@H]2CCN[C@@H](CN3CCC[C@@H]3C(F)(F)F)C2)o[nH]1. The first-order valence-electron chi connectivity index (χ1n) is 7.66. The Balaban J connectivity index is 1.62. The first kappa shape index (κ1) is 15.6. The minimum atomic E-state index is -4.15. The summed E-state index contributed by atoms with van der Waals surface area (Å²) in [4.78, 5) is 12.7. The summed E-state index contributed by atoms with van der Waals surface area (Å²) in [6.07, 6.45) is -1.88. The van der Waals surface area contributed by atoms with Gasteiger partial charge in [0.25, 0.3) is 5.56 Å². The number of nitrogens with zero attached hydrogens (tertiary/aromatic N) is 1. The van der Waals surface area contributed by atoms with Gasteiger partial charge in [-0.15, -0.1) is 0 Å². The fourth-order valence-electron chi connectivity index (χ4n) is 3.60. The molecule has 2 fully saturated rings. The van der Waals surface area contributed by atoms with Crippen LogP contribution in [0.3, 0.4) is 0 Å². The van der Waals surface area contributed by atoms with E-state index in [2.05, 4.69) is 10.5 Å². The van der Waals surface area contributed by atoms with Gasteiger partial charge in [-0.1, -0.05) is 0 Å². The number of alkyl halides is 3. The van der Waals surface area contributed by atoms with E-state index in [0.717, 1.165) is 13.0 Å². The minimum Gasteiger partial charge on any atom is -0.383 e. The van der Waals surface area contributed by atoms with E-state index in [-0.39, 0.29) is 23.9 Å². The van der Waals surface area contributed by atoms with Crippen LogP contribution in [0, 0.1) is 0 Å². The van der Waals surface area contributed by atoms with Crippen molar-refractivity contribution in [2.75, 3.05) is 19.6 Å². The Bertz CT molecular complexity index is 554. The van der Waals surface area contributed by atoms with Gasteiger partial charge in [0.1, 0.15) is 11.8 Å². The van der Waals surface area contributed by atoms with E-state index in [4.69, 9.17) is 4.52 Å². The van der Waals surface area contributed by atoms with Crippen LogP contribution in [0.2, 0.25) is 0 Å². The molecular weight excluding hydrogens is 299 g/mol. The molecule has 2 aliphatic heterocycles. The molecule has 2 aliphatic rings. The predicted octanol–water partition coefficient (Wildman–Crippen LogP) is 1.83. The molecule has 0 saturated carbocycles. The maximum Gasteiger partial charge on any atom is 0.404 e. The Morgan fingerprint density at radius 1 is 1.36 bits per heavy atom. The van der Waals surface area contributed by atoms with Crippen LogP contribution in [-0.4, -0.2) is 48.0 Å². The highest BCUT2D eigenvalue weighted by molar-refractivity contribution is 5.05. The molecule has 2 N–H and O–H groups in total. The van der Waals surface area contributed by atoms with Crippen LogP contribution in [0.25, 0.3) is 0 Å². The highest BCUT2D eigenvalue weighted by atomic mass is 19.4. The first-order valence-corrected chi connectivity index (χ1v) is 7.66. The quantitative estimate of drug-likeness (QED) is 0.892. The van der Waals surface area contributed by atoms with Crippen molar-refractivity contribution in [1.82, 2.24) is 15.4 Å². The van der Waals surface area contributed by atoms with Crippen molar-refractivity contribution in [2.45, 2.75) is 49.9 Å². The molecule has 8 heteroatoms. The molecule has 0 bridgehead atoms. The van der Waals surface area contributed by atoms with Gasteiger partial charge in [0.05, 0.1) is 0 Å². The Hall–Kier alpha value is -1.28. The largest absolute Gasteiger partial charge is 0.404 e. The van der Waals surface area contributed by atoms with Gasteiger partial charge in [-0.2, -0.15) is 18.3 Å². The van der Waals surface area contributed by atoms with Crippen molar-refractivity contribution >= 4 is 0 Å². The number of nitrogens with one attached hydrogen (secondary N) is 2. The summed E-state index contributed by atoms with van der Waals surface area (Å²) < 4.78 is 44.1. The van der Waals surface area contributed by atoms with Crippen LogP contribution in [0.15, 0.2) is 15.4 Å². The van der Waals surface area contributed by atoms with Gasteiger partial charge in [-0.25, -0.2) is 0 Å². The van der Waals surface area contributed by atoms with E-state index < -0.39 is 12.2 Å². The molecule has 1 aromatic heterocycles. The van der Waals surface area contributed by atoms with Crippen molar-refractivity contribution < 1.29 is 17.7 Å². The average Bonchev–Trinajstić information content (AvgIpc) is 3.07. The Morgan fingerprint density at radius 3 is 2.86 bits per heavy atom. The molecule has 0 amide bonds. The van der Waals surface area contributed by atoms with E-state index in [9.17, 15) is 18.0 Å². The van der Waals surface area contributed by atoms with Crippen LogP contribution in [0.4, 0.5) is 13.2 Å². The third kappa shape index (κ3) is 3.38. The van der Waals surface area contributed by atoms with E-state index in [0.29, 0.717) is 31.7 Å². The lowest BCUT2D eigenvalue weighted by atomic mass is 9.90. The topological polar surface area (TPSA) is 61.3 Å². The average molecular weight is 319 g/mol. The van der Waals surface area contributed by atoms with Gasteiger partial charge in [0.2, 0.25) is 0 Å². The molecule has 5 nitrogen and oxygen atoms in total.